The number of hydrogen-bond acceptors (Lipinski definition) is 4. The van der Waals surface area contributed by atoms with Crippen LogP contribution in [0.15, 0.2) is 201 Å². The smallest absolute Gasteiger partial charge is 0.135 e. The Kier molecular flexibility index (Phi) is 11.7. The standard InChI is InChI=1S/C66H55N4O.Pt/c1-64(2,3)46-32-33-67-62(40-46)70-60-29-19-16-26-54(60)55-31-30-50(42-61(55)70)71-51-37-48(66(7)58-27-17-14-24-52(58)53-25-15-18-28-59(53)66)36-49(41-51)68-34-35-69(43-68)63-56(44-20-10-8-11-21-44)38-47(65(4,5)6)39-57(63)45-22-12-9-13-23-45;/h8-40,43H,1-7H3;/q-3;. The first kappa shape index (κ1) is 46.9. The van der Waals surface area contributed by atoms with E-state index in [1.165, 1.54) is 33.4 Å². The van der Waals surface area contributed by atoms with E-state index < -0.39 is 5.41 Å². The molecule has 1 aliphatic carbocycles. The maximum Gasteiger partial charge on any atom is 0.135 e. The molecule has 0 N–H and O–H groups in total. The van der Waals surface area contributed by atoms with Crippen LogP contribution in [-0.2, 0) is 37.3 Å². The van der Waals surface area contributed by atoms with Gasteiger partial charge in [0.1, 0.15) is 5.82 Å². The SMILES string of the molecule is CC(C)(C)c1ccnc(-n2c3[c-]c(Oc4[c-]c(N5C=CN(c6c(-c7ccccc7)cc(C(C)(C)C)cc6-c6ccccc6)[CH-]5)cc(C5(C)c6ccccc6-c6ccccc65)c4)ccc3c3ccccc32)c1.[Pt]. The summed E-state index contributed by atoms with van der Waals surface area (Å²) < 4.78 is 9.27. The summed E-state index contributed by atoms with van der Waals surface area (Å²) >= 11 is 0. The minimum Gasteiger partial charge on any atom is -0.509 e. The van der Waals surface area contributed by atoms with Crippen LogP contribution in [-0.4, -0.2) is 9.55 Å². The van der Waals surface area contributed by atoms with Crippen LogP contribution >= 0.6 is 0 Å². The van der Waals surface area contributed by atoms with E-state index in [1.54, 1.807) is 0 Å². The van der Waals surface area contributed by atoms with Gasteiger partial charge >= 0.3 is 0 Å². The zero-order chi connectivity index (χ0) is 48.6. The Morgan fingerprint density at radius 2 is 1.11 bits per heavy atom. The predicted molar refractivity (Wildman–Crippen MR) is 293 cm³/mol. The van der Waals surface area contributed by atoms with E-state index in [0.29, 0.717) is 11.5 Å². The second-order valence-corrected chi connectivity index (χ2v) is 21.2. The Labute approximate surface area is 438 Å². The first-order chi connectivity index (χ1) is 34.3. The van der Waals surface area contributed by atoms with Crippen LogP contribution in [0.4, 0.5) is 11.4 Å². The third-order valence-corrected chi connectivity index (χ3v) is 14.6. The summed E-state index contributed by atoms with van der Waals surface area (Å²) in [5.41, 5.74) is 16.5. The van der Waals surface area contributed by atoms with E-state index in [2.05, 4.69) is 270 Å². The van der Waals surface area contributed by atoms with Crippen LogP contribution in [0, 0.1) is 18.8 Å². The van der Waals surface area contributed by atoms with Gasteiger partial charge in [0, 0.05) is 66.5 Å². The second-order valence-electron chi connectivity index (χ2n) is 21.2. The monoisotopic (exact) mass is 1110 g/mol. The summed E-state index contributed by atoms with van der Waals surface area (Å²) in [6, 6.07) is 72.8. The van der Waals surface area contributed by atoms with Crippen molar-refractivity contribution >= 4 is 33.2 Å². The van der Waals surface area contributed by atoms with Crippen LogP contribution in [0.3, 0.4) is 0 Å². The number of rotatable bonds is 8. The third-order valence-electron chi connectivity index (χ3n) is 14.6. The van der Waals surface area contributed by atoms with Crippen molar-refractivity contribution in [2.45, 2.75) is 64.7 Å². The molecule has 12 rings (SSSR count). The molecule has 0 spiro atoms. The average molecular weight is 1120 g/mol. The second kappa shape index (κ2) is 18.0. The summed E-state index contributed by atoms with van der Waals surface area (Å²) in [5, 5.41) is 2.22. The molecule has 0 amide bonds. The average Bonchev–Trinajstić information content (AvgIpc) is 4.08. The Bertz CT molecular complexity index is 3600. The van der Waals surface area contributed by atoms with Crippen molar-refractivity contribution in [2.75, 3.05) is 9.80 Å². The number of ether oxygens (including phenoxy) is 1. The fourth-order valence-electron chi connectivity index (χ4n) is 10.7. The molecule has 358 valence electrons. The molecule has 2 aromatic heterocycles. The molecule has 0 fully saturated rings. The fourth-order valence-corrected chi connectivity index (χ4v) is 10.7. The van der Waals surface area contributed by atoms with Gasteiger partial charge in [-0.3, -0.25) is 0 Å². The van der Waals surface area contributed by atoms with E-state index in [-0.39, 0.29) is 31.9 Å². The fraction of sp³-hybridized carbons (Fsp3) is 0.152. The molecule has 8 aromatic carbocycles. The zero-order valence-corrected chi connectivity index (χ0v) is 43.9. The molecule has 0 atom stereocenters. The molecule has 0 unspecified atom stereocenters. The number of hydrogen-bond donors (Lipinski definition) is 0. The Hall–Kier alpha value is -7.46. The maximum atomic E-state index is 7.06. The van der Waals surface area contributed by atoms with Gasteiger partial charge in [0.15, 0.2) is 0 Å². The van der Waals surface area contributed by atoms with Gasteiger partial charge in [0.05, 0.1) is 0 Å². The normalized spacial score (nSPS) is 13.9. The Balaban J connectivity index is 0.00000560. The molecule has 5 nitrogen and oxygen atoms in total. The van der Waals surface area contributed by atoms with Crippen molar-refractivity contribution in [3.05, 3.63) is 247 Å². The molecule has 10 aromatic rings. The van der Waals surface area contributed by atoms with Crippen molar-refractivity contribution in [3.8, 4) is 50.7 Å². The van der Waals surface area contributed by atoms with Crippen LogP contribution in [0.1, 0.15) is 76.3 Å². The summed E-state index contributed by atoms with van der Waals surface area (Å²) in [6.07, 6.45) is 6.21. The molecule has 0 radical (unpaired) electrons. The summed E-state index contributed by atoms with van der Waals surface area (Å²) in [4.78, 5) is 9.37. The summed E-state index contributed by atoms with van der Waals surface area (Å²) in [5.74, 6) is 2.03. The predicted octanol–water partition coefficient (Wildman–Crippen LogP) is 16.7. The van der Waals surface area contributed by atoms with E-state index in [9.17, 15) is 0 Å². The minimum absolute atomic E-state index is 0. The van der Waals surface area contributed by atoms with Gasteiger partial charge in [0.2, 0.25) is 0 Å². The Morgan fingerprint density at radius 3 is 1.75 bits per heavy atom. The van der Waals surface area contributed by atoms with Gasteiger partial charge in [-0.1, -0.05) is 174 Å². The molecule has 6 heteroatoms. The van der Waals surface area contributed by atoms with Gasteiger partial charge < -0.3 is 19.1 Å². The molecule has 0 saturated heterocycles. The molecule has 72 heavy (non-hydrogen) atoms. The number of benzene rings is 8. The molecular formula is C66H55N4OPt-3. The molecule has 1 aliphatic heterocycles. The van der Waals surface area contributed by atoms with Gasteiger partial charge in [-0.25, -0.2) is 4.98 Å². The van der Waals surface area contributed by atoms with Crippen molar-refractivity contribution in [1.82, 2.24) is 9.55 Å². The summed E-state index contributed by atoms with van der Waals surface area (Å²) in [6.45, 7) is 18.1. The molecule has 3 heterocycles. The van der Waals surface area contributed by atoms with Gasteiger partial charge in [0.25, 0.3) is 0 Å². The van der Waals surface area contributed by atoms with Gasteiger partial charge in [-0.05, 0) is 110 Å². The first-order valence-electron chi connectivity index (χ1n) is 24.6. The largest absolute Gasteiger partial charge is 0.509 e. The molecule has 0 bridgehead atoms. The van der Waals surface area contributed by atoms with Crippen LogP contribution in [0.2, 0.25) is 0 Å². The van der Waals surface area contributed by atoms with Crippen LogP contribution in [0.25, 0.3) is 61.0 Å². The summed E-state index contributed by atoms with van der Waals surface area (Å²) in [7, 11) is 0. The van der Waals surface area contributed by atoms with E-state index >= 15 is 0 Å². The Morgan fingerprint density at radius 1 is 0.528 bits per heavy atom. The number of aromatic nitrogens is 2. The van der Waals surface area contributed by atoms with Crippen molar-refractivity contribution in [1.29, 1.82) is 0 Å². The third kappa shape index (κ3) is 8.05. The number of fused-ring (bicyclic) bond motifs is 6. The number of anilines is 2. The van der Waals surface area contributed by atoms with Crippen LogP contribution in [0.5, 0.6) is 11.5 Å². The van der Waals surface area contributed by atoms with Crippen molar-refractivity contribution < 1.29 is 25.8 Å². The number of nitrogens with zero attached hydrogens (tertiary/aromatic N) is 4. The van der Waals surface area contributed by atoms with Crippen molar-refractivity contribution in [2.24, 2.45) is 0 Å². The topological polar surface area (TPSA) is 33.5 Å². The molecular weight excluding hydrogens is 1060 g/mol. The van der Waals surface area contributed by atoms with Gasteiger partial charge in [-0.2, -0.15) is 6.07 Å². The first-order valence-corrected chi connectivity index (χ1v) is 24.6. The zero-order valence-electron chi connectivity index (χ0n) is 41.6. The maximum absolute atomic E-state index is 7.06. The molecule has 0 saturated carbocycles. The van der Waals surface area contributed by atoms with E-state index in [1.807, 2.05) is 12.3 Å². The number of pyridine rings is 1. The van der Waals surface area contributed by atoms with Crippen molar-refractivity contribution in [3.63, 3.8) is 0 Å². The van der Waals surface area contributed by atoms with E-state index in [0.717, 1.165) is 66.8 Å². The van der Waals surface area contributed by atoms with Gasteiger partial charge in [-0.15, -0.1) is 53.6 Å². The van der Waals surface area contributed by atoms with Crippen LogP contribution < -0.4 is 14.5 Å². The molecule has 2 aliphatic rings. The minimum atomic E-state index is -0.494. The number of para-hydroxylation sites is 1. The van der Waals surface area contributed by atoms with E-state index in [4.69, 9.17) is 9.72 Å². The quantitative estimate of drug-likeness (QED) is 0.142.